The molecule has 1 aromatic rings. The molecule has 0 fully saturated rings. The molecule has 16 heavy (non-hydrogen) atoms. The summed E-state index contributed by atoms with van der Waals surface area (Å²) in [5.74, 6) is 2.88. The van der Waals surface area contributed by atoms with E-state index in [0.717, 1.165) is 24.5 Å². The molecule has 1 rings (SSSR count). The molecule has 5 N–H and O–H groups in total. The fourth-order valence-electron chi connectivity index (χ4n) is 0.944. The van der Waals surface area contributed by atoms with Crippen molar-refractivity contribution in [1.29, 1.82) is 5.41 Å². The zero-order valence-corrected chi connectivity index (χ0v) is 8.22. The number of nitrogen functional groups attached to an aromatic ring is 1. The molecule has 0 radical (unpaired) electrons. The number of rotatable bonds is 1. The van der Waals surface area contributed by atoms with E-state index < -0.39 is 17.2 Å². The Labute approximate surface area is 91.3 Å². The Morgan fingerprint density at radius 2 is 2.06 bits per heavy atom. The normalized spacial score (nSPS) is 10.5. The second kappa shape index (κ2) is 4.94. The molecule has 0 atom stereocenters. The van der Waals surface area contributed by atoms with Crippen LogP contribution in [0.4, 0.5) is 14.5 Å². The van der Waals surface area contributed by atoms with Gasteiger partial charge in [-0.1, -0.05) is 11.8 Å². The van der Waals surface area contributed by atoms with Gasteiger partial charge >= 0.3 is 0 Å². The zero-order chi connectivity index (χ0) is 12.1. The van der Waals surface area contributed by atoms with Crippen LogP contribution in [0, 0.1) is 28.9 Å². The van der Waals surface area contributed by atoms with Crippen LogP contribution in [0.25, 0.3) is 0 Å². The highest BCUT2D eigenvalue weighted by Crippen LogP contribution is 2.17. The molecule has 82 valence electrons. The second-order valence-corrected chi connectivity index (χ2v) is 2.84. The first-order valence-electron chi connectivity index (χ1n) is 4.28. The molecule has 0 aromatic heterocycles. The van der Waals surface area contributed by atoms with Crippen molar-refractivity contribution in [3.8, 4) is 11.8 Å². The van der Waals surface area contributed by atoms with Gasteiger partial charge in [0.25, 0.3) is 0 Å². The third kappa shape index (κ3) is 2.36. The number of halogens is 2. The third-order valence-electron chi connectivity index (χ3n) is 1.79. The summed E-state index contributed by atoms with van der Waals surface area (Å²) in [4.78, 5) is 0. The minimum atomic E-state index is -0.908. The average Bonchev–Trinajstić information content (AvgIpc) is 2.29. The monoisotopic (exact) mass is 221 g/mol. The van der Waals surface area contributed by atoms with Crippen molar-refractivity contribution in [1.82, 2.24) is 0 Å². The van der Waals surface area contributed by atoms with Gasteiger partial charge in [0, 0.05) is 12.4 Å². The Hall–Kier alpha value is -2.35. The highest BCUT2D eigenvalue weighted by Gasteiger charge is 2.09. The molecule has 0 aliphatic carbocycles. The van der Waals surface area contributed by atoms with E-state index in [1.165, 1.54) is 0 Å². The summed E-state index contributed by atoms with van der Waals surface area (Å²) in [6.07, 6.45) is 1.96. The number of hydrogen-bond donors (Lipinski definition) is 3. The summed E-state index contributed by atoms with van der Waals surface area (Å²) in [6.45, 7) is 0. The van der Waals surface area contributed by atoms with Crippen LogP contribution in [0.3, 0.4) is 0 Å². The van der Waals surface area contributed by atoms with Gasteiger partial charge < -0.3 is 16.9 Å². The van der Waals surface area contributed by atoms with Crippen LogP contribution in [0.1, 0.15) is 5.56 Å². The highest BCUT2D eigenvalue weighted by atomic mass is 19.1. The molecule has 0 unspecified atom stereocenters. The lowest BCUT2D eigenvalue weighted by atomic mass is 10.1. The molecule has 0 aliphatic rings. The SMILES string of the molecule is N=C/C(C#Cc1c(F)ccc(N)c1F)=C\N. The van der Waals surface area contributed by atoms with Crippen LogP contribution in [-0.4, -0.2) is 6.21 Å². The van der Waals surface area contributed by atoms with E-state index in [-0.39, 0.29) is 11.3 Å². The summed E-state index contributed by atoms with van der Waals surface area (Å²) in [6, 6.07) is 2.14. The maximum atomic E-state index is 13.3. The quantitative estimate of drug-likeness (QED) is 0.381. The van der Waals surface area contributed by atoms with Gasteiger partial charge in [-0.3, -0.25) is 0 Å². The van der Waals surface area contributed by atoms with Crippen molar-refractivity contribution in [3.63, 3.8) is 0 Å². The van der Waals surface area contributed by atoms with Gasteiger partial charge in [0.05, 0.1) is 16.8 Å². The van der Waals surface area contributed by atoms with Crippen molar-refractivity contribution in [3.05, 3.63) is 41.1 Å². The minimum absolute atomic E-state index is 0.154. The Morgan fingerprint density at radius 1 is 1.38 bits per heavy atom. The highest BCUT2D eigenvalue weighted by molar-refractivity contribution is 5.82. The Kier molecular flexibility index (Phi) is 3.62. The number of nitrogens with two attached hydrogens (primary N) is 2. The Bertz CT molecular complexity index is 510. The minimum Gasteiger partial charge on any atom is -0.404 e. The van der Waals surface area contributed by atoms with E-state index in [2.05, 4.69) is 11.8 Å². The lowest BCUT2D eigenvalue weighted by Gasteiger charge is -1.99. The molecule has 3 nitrogen and oxygen atoms in total. The van der Waals surface area contributed by atoms with Crippen LogP contribution >= 0.6 is 0 Å². The van der Waals surface area contributed by atoms with Crippen LogP contribution < -0.4 is 11.5 Å². The van der Waals surface area contributed by atoms with Gasteiger partial charge in [-0.25, -0.2) is 8.78 Å². The summed E-state index contributed by atoms with van der Waals surface area (Å²) in [5.41, 5.74) is 9.94. The average molecular weight is 221 g/mol. The fourth-order valence-corrected chi connectivity index (χ4v) is 0.944. The molecule has 0 amide bonds. The summed E-state index contributed by atoms with van der Waals surface area (Å²) in [7, 11) is 0. The van der Waals surface area contributed by atoms with Crippen molar-refractivity contribution in [2.24, 2.45) is 5.73 Å². The van der Waals surface area contributed by atoms with Crippen LogP contribution in [0.2, 0.25) is 0 Å². The number of hydrogen-bond acceptors (Lipinski definition) is 3. The molecular formula is C11H9F2N3. The van der Waals surface area contributed by atoms with Crippen molar-refractivity contribution in [2.75, 3.05) is 5.73 Å². The number of benzene rings is 1. The van der Waals surface area contributed by atoms with E-state index in [9.17, 15) is 8.78 Å². The summed E-state index contributed by atoms with van der Waals surface area (Å²) in [5, 5.41) is 6.89. The van der Waals surface area contributed by atoms with Gasteiger partial charge in [0.2, 0.25) is 0 Å². The predicted molar refractivity (Wildman–Crippen MR) is 58.7 cm³/mol. The largest absolute Gasteiger partial charge is 0.404 e. The number of nitrogens with one attached hydrogen (secondary N) is 1. The smallest absolute Gasteiger partial charge is 0.164 e. The van der Waals surface area contributed by atoms with Crippen molar-refractivity contribution < 1.29 is 8.78 Å². The molecule has 0 heterocycles. The van der Waals surface area contributed by atoms with Gasteiger partial charge in [0.15, 0.2) is 5.82 Å². The molecule has 0 aliphatic heterocycles. The van der Waals surface area contributed by atoms with Crippen LogP contribution in [-0.2, 0) is 0 Å². The summed E-state index contributed by atoms with van der Waals surface area (Å²) >= 11 is 0. The molecular weight excluding hydrogens is 212 g/mol. The van der Waals surface area contributed by atoms with Gasteiger partial charge in [0.1, 0.15) is 5.82 Å². The van der Waals surface area contributed by atoms with Crippen molar-refractivity contribution >= 4 is 11.9 Å². The lowest BCUT2D eigenvalue weighted by Crippen LogP contribution is -1.97. The summed E-state index contributed by atoms with van der Waals surface area (Å²) < 4.78 is 26.5. The standard InChI is InChI=1S/C11H9F2N3/c12-9-3-4-10(16)11(13)8(9)2-1-7(5-14)6-15/h3-6,14H,15-16H2/b7-6-,14-5?. The van der Waals surface area contributed by atoms with Crippen LogP contribution in [0.5, 0.6) is 0 Å². The second-order valence-electron chi connectivity index (χ2n) is 2.84. The third-order valence-corrected chi connectivity index (χ3v) is 1.79. The van der Waals surface area contributed by atoms with E-state index >= 15 is 0 Å². The first-order valence-corrected chi connectivity index (χ1v) is 4.28. The van der Waals surface area contributed by atoms with Crippen LogP contribution in [0.15, 0.2) is 23.9 Å². The first kappa shape index (κ1) is 11.7. The maximum Gasteiger partial charge on any atom is 0.164 e. The van der Waals surface area contributed by atoms with Crippen molar-refractivity contribution in [2.45, 2.75) is 0 Å². The van der Waals surface area contributed by atoms with Gasteiger partial charge in [-0.2, -0.15) is 0 Å². The maximum absolute atomic E-state index is 13.3. The van der Waals surface area contributed by atoms with E-state index in [1.54, 1.807) is 0 Å². The van der Waals surface area contributed by atoms with Gasteiger partial charge in [-0.05, 0) is 12.1 Å². The van der Waals surface area contributed by atoms with E-state index in [4.69, 9.17) is 16.9 Å². The lowest BCUT2D eigenvalue weighted by molar-refractivity contribution is 0.580. The topological polar surface area (TPSA) is 75.9 Å². The Balaban J connectivity index is 3.25. The van der Waals surface area contributed by atoms with E-state index in [0.29, 0.717) is 0 Å². The molecule has 0 saturated heterocycles. The Morgan fingerprint density at radius 3 is 2.62 bits per heavy atom. The zero-order valence-electron chi connectivity index (χ0n) is 8.22. The van der Waals surface area contributed by atoms with E-state index in [1.807, 2.05) is 0 Å². The molecule has 5 heteroatoms. The molecule has 0 saturated carbocycles. The first-order chi connectivity index (χ1) is 7.60. The molecule has 1 aromatic carbocycles. The fraction of sp³-hybridized carbons (Fsp3) is 0. The number of anilines is 1. The van der Waals surface area contributed by atoms with Gasteiger partial charge in [-0.15, -0.1) is 0 Å². The molecule has 0 bridgehead atoms. The number of allylic oxidation sites excluding steroid dienone is 1. The molecule has 0 spiro atoms. The predicted octanol–water partition coefficient (Wildman–Crippen LogP) is 1.39.